The number of hydrogen-bond donors (Lipinski definition) is 3. The highest BCUT2D eigenvalue weighted by atomic mass is 32.1. The van der Waals surface area contributed by atoms with Crippen molar-refractivity contribution in [2.45, 2.75) is 19.9 Å². The van der Waals surface area contributed by atoms with Gasteiger partial charge in [0.2, 0.25) is 0 Å². The van der Waals surface area contributed by atoms with E-state index in [-0.39, 0.29) is 24.7 Å². The lowest BCUT2D eigenvalue weighted by Crippen LogP contribution is -2.45. The van der Waals surface area contributed by atoms with Crippen molar-refractivity contribution in [1.29, 1.82) is 0 Å². The summed E-state index contributed by atoms with van der Waals surface area (Å²) >= 11 is 5.29. The number of nitrogens with zero attached hydrogens (tertiary/aromatic N) is 2. The minimum Gasteiger partial charge on any atom is -0.496 e. The Balaban J connectivity index is 1.41. The zero-order valence-corrected chi connectivity index (χ0v) is 23.7. The van der Waals surface area contributed by atoms with Crippen LogP contribution in [-0.4, -0.2) is 48.5 Å². The summed E-state index contributed by atoms with van der Waals surface area (Å²) in [5.74, 6) is 0.300. The summed E-state index contributed by atoms with van der Waals surface area (Å²) in [5.41, 5.74) is 4.25. The minimum atomic E-state index is -0.655. The Hall–Kier alpha value is -5.24. The Bertz CT molecular complexity index is 1580. The third-order valence-electron chi connectivity index (χ3n) is 6.02. The number of hydrogen-bond acceptors (Lipinski definition) is 10. The number of allylic oxidation sites excluding steroid dienone is 1. The Morgan fingerprint density at radius 1 is 1.19 bits per heavy atom. The normalized spacial score (nSPS) is 14.6. The number of ether oxygens (including phenoxy) is 3. The number of carbonyl (C=O) groups excluding carboxylic acids is 2. The first-order chi connectivity index (χ1) is 20.2. The molecule has 218 valence electrons. The average Bonchev–Trinajstić information content (AvgIpc) is 3.44. The van der Waals surface area contributed by atoms with Crippen LogP contribution in [0.2, 0.25) is 0 Å². The number of non-ortho nitro benzene ring substituents is 1. The van der Waals surface area contributed by atoms with Gasteiger partial charge in [-0.15, -0.1) is 0 Å². The highest BCUT2D eigenvalue weighted by molar-refractivity contribution is 7.80. The molecule has 1 aliphatic rings. The largest absolute Gasteiger partial charge is 0.496 e. The van der Waals surface area contributed by atoms with E-state index in [9.17, 15) is 19.7 Å². The van der Waals surface area contributed by atoms with E-state index in [4.69, 9.17) is 30.8 Å². The fourth-order valence-corrected chi connectivity index (χ4v) is 4.44. The molecule has 0 radical (unpaired) electrons. The van der Waals surface area contributed by atoms with E-state index in [2.05, 4.69) is 21.2 Å². The number of amides is 1. The van der Waals surface area contributed by atoms with Crippen LogP contribution in [0.4, 0.5) is 5.69 Å². The Morgan fingerprint density at radius 2 is 1.98 bits per heavy atom. The molecule has 0 unspecified atom stereocenters. The number of benzene rings is 2. The van der Waals surface area contributed by atoms with Crippen molar-refractivity contribution in [3.8, 4) is 22.8 Å². The first-order valence-electron chi connectivity index (χ1n) is 12.6. The molecule has 42 heavy (non-hydrogen) atoms. The highest BCUT2D eigenvalue weighted by Gasteiger charge is 2.32. The van der Waals surface area contributed by atoms with Crippen molar-refractivity contribution < 1.29 is 33.1 Å². The number of nitro groups is 1. The Morgan fingerprint density at radius 3 is 2.71 bits per heavy atom. The summed E-state index contributed by atoms with van der Waals surface area (Å²) in [6.45, 7) is 3.28. The summed E-state index contributed by atoms with van der Waals surface area (Å²) in [5, 5.41) is 21.3. The second-order valence-corrected chi connectivity index (χ2v) is 9.16. The smallest absolute Gasteiger partial charge is 0.338 e. The van der Waals surface area contributed by atoms with Crippen LogP contribution in [0, 0.1) is 10.1 Å². The molecule has 14 heteroatoms. The molecule has 0 spiro atoms. The van der Waals surface area contributed by atoms with Gasteiger partial charge in [-0.3, -0.25) is 14.9 Å². The first-order valence-corrected chi connectivity index (χ1v) is 13.0. The van der Waals surface area contributed by atoms with Crippen LogP contribution in [0.1, 0.15) is 31.2 Å². The van der Waals surface area contributed by atoms with Crippen molar-refractivity contribution in [2.24, 2.45) is 5.10 Å². The standard InChI is InChI=1S/C28H27N5O8S/c1-4-39-27(35)25-16(2)30-28(42)31-26(25)20-7-5-6-8-21(20)40-15-24(34)32-29-14-18-10-12-22(41-18)19-11-9-17(33(36)37)13-23(19)38-3/h5-14,26H,4,15H2,1-3H3,(H,32,34)(H2,30,31,42)/t26-/m0/s1. The van der Waals surface area contributed by atoms with Crippen molar-refractivity contribution in [3.05, 3.63) is 87.3 Å². The average molecular weight is 594 g/mol. The SMILES string of the molecule is CCOC(=O)C1=C(C)NC(=S)N[C@H]1c1ccccc1OCC(=O)NN=Cc1ccc(-c2ccc([N+](=O)[O-])cc2OC)o1. The topological polar surface area (TPSA) is 167 Å². The molecule has 1 aliphatic heterocycles. The molecule has 0 aliphatic carbocycles. The molecule has 13 nitrogen and oxygen atoms in total. The van der Waals surface area contributed by atoms with Crippen molar-refractivity contribution in [3.63, 3.8) is 0 Å². The molecular formula is C28H27N5O8S. The van der Waals surface area contributed by atoms with E-state index >= 15 is 0 Å². The lowest BCUT2D eigenvalue weighted by molar-refractivity contribution is -0.384. The molecule has 3 aromatic rings. The number of nitro benzene ring substituents is 1. The van der Waals surface area contributed by atoms with Gasteiger partial charge in [-0.1, -0.05) is 18.2 Å². The molecule has 0 fully saturated rings. The van der Waals surface area contributed by atoms with Gasteiger partial charge in [-0.05, 0) is 50.3 Å². The van der Waals surface area contributed by atoms with Crippen LogP contribution in [0.5, 0.6) is 11.5 Å². The van der Waals surface area contributed by atoms with E-state index in [1.165, 1.54) is 31.5 Å². The van der Waals surface area contributed by atoms with Gasteiger partial charge < -0.3 is 29.3 Å². The molecule has 1 atom stereocenters. The maximum absolute atomic E-state index is 12.7. The third-order valence-corrected chi connectivity index (χ3v) is 6.24. The summed E-state index contributed by atoms with van der Waals surface area (Å²) < 4.78 is 22.0. The maximum atomic E-state index is 12.7. The number of nitrogens with one attached hydrogen (secondary N) is 3. The molecular weight excluding hydrogens is 566 g/mol. The Kier molecular flexibility index (Phi) is 9.50. The van der Waals surface area contributed by atoms with Crippen molar-refractivity contribution in [2.75, 3.05) is 20.3 Å². The van der Waals surface area contributed by atoms with Crippen LogP contribution in [-0.2, 0) is 14.3 Å². The second kappa shape index (κ2) is 13.4. The molecule has 1 aromatic heterocycles. The van der Waals surface area contributed by atoms with Gasteiger partial charge in [0.15, 0.2) is 11.7 Å². The number of methoxy groups -OCH3 is 1. The van der Waals surface area contributed by atoms with E-state index in [0.717, 1.165) is 0 Å². The van der Waals surface area contributed by atoms with Gasteiger partial charge in [0.05, 0.1) is 48.1 Å². The van der Waals surface area contributed by atoms with Gasteiger partial charge in [0.1, 0.15) is 23.0 Å². The van der Waals surface area contributed by atoms with E-state index < -0.39 is 22.8 Å². The quantitative estimate of drug-likeness (QED) is 0.0974. The monoisotopic (exact) mass is 593 g/mol. The number of esters is 1. The zero-order chi connectivity index (χ0) is 30.2. The number of furan rings is 1. The van der Waals surface area contributed by atoms with Crippen molar-refractivity contribution in [1.82, 2.24) is 16.1 Å². The molecule has 2 heterocycles. The summed E-state index contributed by atoms with van der Waals surface area (Å²) in [6.07, 6.45) is 1.30. The van der Waals surface area contributed by atoms with Gasteiger partial charge in [-0.25, -0.2) is 10.2 Å². The molecule has 0 bridgehead atoms. The van der Waals surface area contributed by atoms with Gasteiger partial charge in [-0.2, -0.15) is 5.10 Å². The van der Waals surface area contributed by atoms with E-state index in [0.29, 0.717) is 44.8 Å². The van der Waals surface area contributed by atoms with Crippen molar-refractivity contribution >= 4 is 41.1 Å². The Labute approximate surface area is 245 Å². The van der Waals surface area contributed by atoms with Crippen LogP contribution < -0.4 is 25.5 Å². The minimum absolute atomic E-state index is 0.113. The first kappa shape index (κ1) is 29.7. The molecule has 1 amide bonds. The van der Waals surface area contributed by atoms with Crippen LogP contribution in [0.15, 0.2) is 75.4 Å². The molecule has 0 saturated heterocycles. The predicted molar refractivity (Wildman–Crippen MR) is 156 cm³/mol. The summed E-state index contributed by atoms with van der Waals surface area (Å²) in [7, 11) is 1.40. The van der Waals surface area contributed by atoms with Gasteiger partial charge >= 0.3 is 5.97 Å². The molecule has 4 rings (SSSR count). The molecule has 2 aromatic carbocycles. The maximum Gasteiger partial charge on any atom is 0.338 e. The lowest BCUT2D eigenvalue weighted by atomic mass is 9.95. The predicted octanol–water partition coefficient (Wildman–Crippen LogP) is 3.75. The number of rotatable bonds is 11. The summed E-state index contributed by atoms with van der Waals surface area (Å²) in [4.78, 5) is 35.7. The van der Waals surface area contributed by atoms with Gasteiger partial charge in [0, 0.05) is 17.3 Å². The molecule has 0 saturated carbocycles. The number of thiocarbonyl (C=S) groups is 1. The number of hydrazone groups is 1. The zero-order valence-electron chi connectivity index (χ0n) is 22.8. The van der Waals surface area contributed by atoms with Crippen LogP contribution in [0.25, 0.3) is 11.3 Å². The summed E-state index contributed by atoms with van der Waals surface area (Å²) in [6, 6.07) is 13.7. The number of para-hydroxylation sites is 1. The fraction of sp³-hybridized carbons (Fsp3) is 0.214. The van der Waals surface area contributed by atoms with Crippen LogP contribution >= 0.6 is 12.2 Å². The fourth-order valence-electron chi connectivity index (χ4n) is 4.16. The number of carbonyl (C=O) groups is 2. The van der Waals surface area contributed by atoms with Gasteiger partial charge in [0.25, 0.3) is 11.6 Å². The highest BCUT2D eigenvalue weighted by Crippen LogP contribution is 2.35. The van der Waals surface area contributed by atoms with Crippen LogP contribution in [0.3, 0.4) is 0 Å². The van der Waals surface area contributed by atoms with E-state index in [1.807, 2.05) is 0 Å². The van der Waals surface area contributed by atoms with E-state index in [1.54, 1.807) is 50.2 Å². The lowest BCUT2D eigenvalue weighted by Gasteiger charge is -2.30. The third kappa shape index (κ3) is 6.90. The second-order valence-electron chi connectivity index (χ2n) is 8.75. The molecule has 3 N–H and O–H groups in total.